The fraction of sp³-hybridized carbons (Fsp3) is 0.458. The lowest BCUT2D eigenvalue weighted by atomic mass is 9.65. The zero-order valence-electron chi connectivity index (χ0n) is 18.3. The van der Waals surface area contributed by atoms with Gasteiger partial charge in [-0.2, -0.15) is 0 Å². The van der Waals surface area contributed by atoms with E-state index in [1.54, 1.807) is 24.3 Å². The molecule has 31 heavy (non-hydrogen) atoms. The Morgan fingerprint density at radius 3 is 2.61 bits per heavy atom. The van der Waals surface area contributed by atoms with Crippen molar-refractivity contribution in [1.29, 1.82) is 0 Å². The highest BCUT2D eigenvalue weighted by Crippen LogP contribution is 2.53. The Labute approximate surface area is 182 Å². The van der Waals surface area contributed by atoms with Crippen LogP contribution in [-0.4, -0.2) is 31.8 Å². The second-order valence-electron chi connectivity index (χ2n) is 10.5. The number of benzene rings is 1. The molecule has 2 unspecified atom stereocenters. The van der Waals surface area contributed by atoms with Gasteiger partial charge >= 0.3 is 0 Å². The third-order valence-corrected chi connectivity index (χ3v) is 6.97. The summed E-state index contributed by atoms with van der Waals surface area (Å²) in [5.41, 5.74) is 11.3. The van der Waals surface area contributed by atoms with E-state index in [0.29, 0.717) is 22.6 Å². The van der Waals surface area contributed by atoms with Crippen molar-refractivity contribution in [1.82, 2.24) is 14.3 Å². The lowest BCUT2D eigenvalue weighted by molar-refractivity contribution is -0.384. The van der Waals surface area contributed by atoms with Crippen LogP contribution in [0.5, 0.6) is 0 Å². The summed E-state index contributed by atoms with van der Waals surface area (Å²) in [6.45, 7) is 9.06. The molecule has 1 saturated carbocycles. The number of nitrogen functional groups attached to an aromatic ring is 1. The van der Waals surface area contributed by atoms with Crippen molar-refractivity contribution in [2.75, 3.05) is 12.3 Å². The molecule has 1 aromatic carbocycles. The molecule has 5 rings (SSSR count). The minimum atomic E-state index is -0.373. The Kier molecular flexibility index (Phi) is 4.38. The van der Waals surface area contributed by atoms with Gasteiger partial charge < -0.3 is 10.1 Å². The Bertz CT molecular complexity index is 1170. The van der Waals surface area contributed by atoms with Crippen molar-refractivity contribution in [2.45, 2.75) is 52.6 Å². The van der Waals surface area contributed by atoms with Crippen LogP contribution in [0.25, 0.3) is 16.9 Å². The number of nitrogens with zero attached hydrogens (tertiary/aromatic N) is 4. The van der Waals surface area contributed by atoms with Crippen molar-refractivity contribution < 1.29 is 4.92 Å². The molecular weight excluding hydrogens is 390 g/mol. The number of anilines is 1. The monoisotopic (exact) mass is 419 g/mol. The minimum Gasteiger partial charge on any atom is -0.398 e. The molecule has 0 radical (unpaired) electrons. The second-order valence-corrected chi connectivity index (χ2v) is 10.5. The molecule has 1 aliphatic carbocycles. The molecule has 2 aromatic heterocycles. The van der Waals surface area contributed by atoms with Crippen molar-refractivity contribution in [3.8, 4) is 11.3 Å². The Morgan fingerprint density at radius 1 is 1.16 bits per heavy atom. The molecule has 0 amide bonds. The van der Waals surface area contributed by atoms with Gasteiger partial charge in [0.2, 0.25) is 0 Å². The summed E-state index contributed by atoms with van der Waals surface area (Å²) in [6.07, 6.45) is 5.62. The molecule has 3 heterocycles. The van der Waals surface area contributed by atoms with E-state index in [0.717, 1.165) is 35.7 Å². The fourth-order valence-electron chi connectivity index (χ4n) is 6.19. The first-order chi connectivity index (χ1) is 14.6. The van der Waals surface area contributed by atoms with E-state index in [9.17, 15) is 10.1 Å². The van der Waals surface area contributed by atoms with Crippen LogP contribution < -0.4 is 5.73 Å². The predicted octanol–water partition coefficient (Wildman–Crippen LogP) is 4.89. The highest BCUT2D eigenvalue weighted by molar-refractivity contribution is 5.68. The number of hydrogen-bond acceptors (Lipinski definition) is 5. The average Bonchev–Trinajstić information content (AvgIpc) is 3.15. The fourth-order valence-corrected chi connectivity index (χ4v) is 6.19. The number of rotatable bonds is 4. The van der Waals surface area contributed by atoms with Crippen molar-refractivity contribution in [3.05, 3.63) is 58.4 Å². The molecule has 2 N–H and O–H groups in total. The Morgan fingerprint density at radius 2 is 1.90 bits per heavy atom. The van der Waals surface area contributed by atoms with E-state index >= 15 is 0 Å². The molecule has 2 bridgehead atoms. The highest BCUT2D eigenvalue weighted by Gasteiger charge is 2.49. The van der Waals surface area contributed by atoms with Crippen LogP contribution >= 0.6 is 0 Å². The van der Waals surface area contributed by atoms with Crippen LogP contribution in [0.2, 0.25) is 0 Å². The summed E-state index contributed by atoms with van der Waals surface area (Å²) in [4.78, 5) is 18.2. The maximum absolute atomic E-state index is 11.1. The second kappa shape index (κ2) is 6.79. The lowest BCUT2D eigenvalue weighted by Gasteiger charge is -2.40. The number of imidazole rings is 1. The van der Waals surface area contributed by atoms with Crippen LogP contribution in [0.3, 0.4) is 0 Å². The number of nitrogens with two attached hydrogens (primary N) is 1. The lowest BCUT2D eigenvalue weighted by Crippen LogP contribution is -2.34. The van der Waals surface area contributed by atoms with Gasteiger partial charge in [-0.05, 0) is 54.4 Å². The first-order valence-electron chi connectivity index (χ1n) is 10.9. The molecular formula is C24H29N5O2. The topological polar surface area (TPSA) is 89.7 Å². The van der Waals surface area contributed by atoms with Gasteiger partial charge in [0.1, 0.15) is 5.65 Å². The van der Waals surface area contributed by atoms with Crippen LogP contribution in [0.1, 0.15) is 45.7 Å². The van der Waals surface area contributed by atoms with E-state index < -0.39 is 0 Å². The maximum Gasteiger partial charge on any atom is 0.269 e. The van der Waals surface area contributed by atoms with Gasteiger partial charge in [0, 0.05) is 48.7 Å². The van der Waals surface area contributed by atoms with E-state index in [1.807, 2.05) is 18.3 Å². The van der Waals surface area contributed by atoms with Gasteiger partial charge in [-0.1, -0.05) is 20.8 Å². The largest absolute Gasteiger partial charge is 0.398 e. The van der Waals surface area contributed by atoms with Gasteiger partial charge in [-0.15, -0.1) is 0 Å². The summed E-state index contributed by atoms with van der Waals surface area (Å²) >= 11 is 0. The Hall–Kier alpha value is -2.93. The number of pyridine rings is 1. The van der Waals surface area contributed by atoms with Crippen molar-refractivity contribution in [3.63, 3.8) is 0 Å². The number of hydrogen-bond donors (Lipinski definition) is 1. The van der Waals surface area contributed by atoms with E-state index in [2.05, 4.69) is 30.1 Å². The minimum absolute atomic E-state index is 0.0850. The molecule has 7 nitrogen and oxygen atoms in total. The quantitative estimate of drug-likeness (QED) is 0.480. The summed E-state index contributed by atoms with van der Waals surface area (Å²) in [5, 5.41) is 11.1. The standard InChI is InChI=1S/C24H29N5O2/c1-23(2)10-19-11-24(3,14-23)15-27(19)13-20-22(16-4-7-18(8-5-16)29(30)31)26-21-9-6-17(25)12-28(20)21/h4-9,12,19H,10-11,13-15,25H2,1-3H3. The number of fused-ring (bicyclic) bond motifs is 3. The van der Waals surface area contributed by atoms with Gasteiger partial charge in [-0.25, -0.2) is 4.98 Å². The summed E-state index contributed by atoms with van der Waals surface area (Å²) in [6, 6.07) is 11.0. The third-order valence-electron chi connectivity index (χ3n) is 6.97. The van der Waals surface area contributed by atoms with Crippen LogP contribution in [0, 0.1) is 20.9 Å². The number of aromatic nitrogens is 2. The van der Waals surface area contributed by atoms with E-state index in [4.69, 9.17) is 10.7 Å². The van der Waals surface area contributed by atoms with Crippen molar-refractivity contribution >= 4 is 17.0 Å². The molecule has 1 saturated heterocycles. The molecule has 7 heteroatoms. The Balaban J connectivity index is 1.57. The summed E-state index contributed by atoms with van der Waals surface area (Å²) < 4.78 is 2.09. The zero-order chi connectivity index (χ0) is 22.0. The SMILES string of the molecule is CC1(C)CC2CC(C)(CN2Cc2c(-c3ccc([N+](=O)[O-])cc3)nc3ccc(N)cn23)C1. The number of non-ortho nitro benzene ring substituents is 1. The molecule has 162 valence electrons. The summed E-state index contributed by atoms with van der Waals surface area (Å²) in [5.74, 6) is 0. The molecule has 2 fully saturated rings. The third kappa shape index (κ3) is 3.57. The van der Waals surface area contributed by atoms with Gasteiger partial charge in [0.25, 0.3) is 5.69 Å². The highest BCUT2D eigenvalue weighted by atomic mass is 16.6. The maximum atomic E-state index is 11.1. The molecule has 2 aliphatic rings. The van der Waals surface area contributed by atoms with Gasteiger partial charge in [-0.3, -0.25) is 15.0 Å². The molecule has 2 atom stereocenters. The average molecular weight is 420 g/mol. The van der Waals surface area contributed by atoms with Crippen LogP contribution in [0.15, 0.2) is 42.6 Å². The number of nitro groups is 1. The first kappa shape index (κ1) is 20.0. The van der Waals surface area contributed by atoms with E-state index in [-0.39, 0.29) is 10.6 Å². The number of nitro benzene ring substituents is 1. The van der Waals surface area contributed by atoms with Gasteiger partial charge in [0.15, 0.2) is 0 Å². The van der Waals surface area contributed by atoms with Crippen LogP contribution in [0.4, 0.5) is 11.4 Å². The van der Waals surface area contributed by atoms with Crippen molar-refractivity contribution in [2.24, 2.45) is 10.8 Å². The molecule has 3 aromatic rings. The zero-order valence-corrected chi connectivity index (χ0v) is 18.3. The van der Waals surface area contributed by atoms with Crippen LogP contribution in [-0.2, 0) is 6.54 Å². The normalized spacial score (nSPS) is 25.2. The predicted molar refractivity (Wildman–Crippen MR) is 122 cm³/mol. The van der Waals surface area contributed by atoms with E-state index in [1.165, 1.54) is 19.3 Å². The molecule has 0 spiro atoms. The summed E-state index contributed by atoms with van der Waals surface area (Å²) in [7, 11) is 0. The molecule has 1 aliphatic heterocycles. The number of likely N-dealkylation sites (tertiary alicyclic amines) is 1. The first-order valence-corrected chi connectivity index (χ1v) is 10.9. The smallest absolute Gasteiger partial charge is 0.269 e. The van der Waals surface area contributed by atoms with Gasteiger partial charge in [0.05, 0.1) is 16.3 Å².